The second kappa shape index (κ2) is 9.40. The van der Waals surface area contributed by atoms with Crippen LogP contribution in [0.25, 0.3) is 11.3 Å². The lowest BCUT2D eigenvalue weighted by molar-refractivity contribution is 0.123. The Balaban J connectivity index is 0.00000136. The molecule has 0 saturated carbocycles. The van der Waals surface area contributed by atoms with Gasteiger partial charge in [-0.25, -0.2) is 17.6 Å². The molecule has 3 rings (SSSR count). The third-order valence-corrected chi connectivity index (χ3v) is 4.14. The van der Waals surface area contributed by atoms with Gasteiger partial charge in [-0.05, 0) is 36.3 Å². The van der Waals surface area contributed by atoms with Crippen LogP contribution >= 0.6 is 0 Å². The largest absolute Gasteiger partial charge is 0.335 e. The number of aryl methyl sites for hydroxylation is 1. The van der Waals surface area contributed by atoms with Gasteiger partial charge in [0.05, 0.1) is 17.8 Å². The van der Waals surface area contributed by atoms with Crippen LogP contribution in [0.2, 0.25) is 0 Å². The van der Waals surface area contributed by atoms with Crippen molar-refractivity contribution in [3.05, 3.63) is 95.2 Å². The van der Waals surface area contributed by atoms with E-state index >= 15 is 0 Å². The van der Waals surface area contributed by atoms with E-state index in [1.165, 1.54) is 17.0 Å². The van der Waals surface area contributed by atoms with Gasteiger partial charge in [0, 0.05) is 11.3 Å². The zero-order valence-corrected chi connectivity index (χ0v) is 16.1. The van der Waals surface area contributed by atoms with Gasteiger partial charge in [-0.15, -0.1) is 0 Å². The maximum atomic E-state index is 14.7. The van der Waals surface area contributed by atoms with E-state index in [9.17, 15) is 17.6 Å². The topological polar surface area (TPSA) is 3.24 Å². The Hall–Kier alpha value is -2.82. The molecule has 0 amide bonds. The highest BCUT2D eigenvalue weighted by Crippen LogP contribution is 2.39. The maximum absolute atomic E-state index is 14.7. The second-order valence-electron chi connectivity index (χ2n) is 6.06. The van der Waals surface area contributed by atoms with Crippen LogP contribution < -0.4 is 0 Å². The van der Waals surface area contributed by atoms with Crippen LogP contribution in [0.15, 0.2) is 66.9 Å². The van der Waals surface area contributed by atoms with E-state index in [0.717, 1.165) is 0 Å². The molecule has 1 nitrogen and oxygen atoms in total. The Bertz CT molecular complexity index is 875. The molecule has 0 bridgehead atoms. The molecule has 2 aromatic rings. The van der Waals surface area contributed by atoms with Gasteiger partial charge >= 0.3 is 0 Å². The monoisotopic (exact) mass is 389 g/mol. The number of halogens is 4. The standard InChI is InChI=1S/C21H17F4N.C2H6/c1-13-10-17(22)20(18(23)11-13)21-16(15-6-4-3-5-7-15)9-8-14(2)26(21)12-19(24)25;1-2/h3-11,19H,2,12H2,1H3;1-2H3. The van der Waals surface area contributed by atoms with Gasteiger partial charge in [-0.3, -0.25) is 0 Å². The van der Waals surface area contributed by atoms with Gasteiger partial charge in [0.15, 0.2) is 0 Å². The van der Waals surface area contributed by atoms with Crippen molar-refractivity contribution in [1.29, 1.82) is 0 Å². The molecule has 0 saturated heterocycles. The van der Waals surface area contributed by atoms with E-state index in [-0.39, 0.29) is 17.0 Å². The number of hydrogen-bond donors (Lipinski definition) is 0. The molecule has 1 aliphatic heterocycles. The molecule has 2 aromatic carbocycles. The quantitative estimate of drug-likeness (QED) is 0.519. The van der Waals surface area contributed by atoms with Gasteiger partial charge in [0.1, 0.15) is 11.6 Å². The molecule has 0 spiro atoms. The van der Waals surface area contributed by atoms with Crippen LogP contribution in [0.5, 0.6) is 0 Å². The fourth-order valence-electron chi connectivity index (χ4n) is 3.03. The summed E-state index contributed by atoms with van der Waals surface area (Å²) in [6, 6.07) is 11.3. The van der Waals surface area contributed by atoms with Crippen molar-refractivity contribution in [2.75, 3.05) is 6.54 Å². The van der Waals surface area contributed by atoms with Gasteiger partial charge in [-0.2, -0.15) is 0 Å². The van der Waals surface area contributed by atoms with Crippen molar-refractivity contribution in [1.82, 2.24) is 4.90 Å². The van der Waals surface area contributed by atoms with Crippen molar-refractivity contribution in [2.45, 2.75) is 27.2 Å². The van der Waals surface area contributed by atoms with Crippen molar-refractivity contribution in [3.63, 3.8) is 0 Å². The molecule has 0 fully saturated rings. The minimum absolute atomic E-state index is 0.0546. The van der Waals surface area contributed by atoms with Crippen LogP contribution in [0.4, 0.5) is 17.6 Å². The van der Waals surface area contributed by atoms with Crippen LogP contribution in [0.3, 0.4) is 0 Å². The smallest absolute Gasteiger partial charge is 0.256 e. The zero-order valence-electron chi connectivity index (χ0n) is 16.1. The van der Waals surface area contributed by atoms with Gasteiger partial charge < -0.3 is 4.90 Å². The number of nitrogens with zero attached hydrogens (tertiary/aromatic N) is 1. The Morgan fingerprint density at radius 2 is 1.54 bits per heavy atom. The zero-order chi connectivity index (χ0) is 20.8. The molecule has 28 heavy (non-hydrogen) atoms. The molecule has 0 unspecified atom stereocenters. The molecule has 0 N–H and O–H groups in total. The van der Waals surface area contributed by atoms with E-state index in [1.54, 1.807) is 49.4 Å². The van der Waals surface area contributed by atoms with E-state index in [1.807, 2.05) is 13.8 Å². The molecular weight excluding hydrogens is 366 g/mol. The van der Waals surface area contributed by atoms with Gasteiger partial charge in [-0.1, -0.05) is 56.8 Å². The number of allylic oxidation sites excluding steroid dienone is 3. The first-order valence-electron chi connectivity index (χ1n) is 9.07. The minimum Gasteiger partial charge on any atom is -0.335 e. The van der Waals surface area contributed by atoms with Crippen molar-refractivity contribution < 1.29 is 17.6 Å². The minimum atomic E-state index is -2.69. The molecule has 0 aliphatic carbocycles. The number of rotatable bonds is 4. The van der Waals surface area contributed by atoms with Gasteiger partial charge in [0.25, 0.3) is 6.43 Å². The molecule has 1 aliphatic rings. The highest BCUT2D eigenvalue weighted by Gasteiger charge is 2.28. The Labute approximate surface area is 163 Å². The summed E-state index contributed by atoms with van der Waals surface area (Å²) >= 11 is 0. The van der Waals surface area contributed by atoms with E-state index in [2.05, 4.69) is 6.58 Å². The SMILES string of the molecule is C=C1C=CC(c2ccccc2)=C(c2c(F)cc(C)cc2F)N1CC(F)F.CC. The van der Waals surface area contributed by atoms with E-state index < -0.39 is 24.6 Å². The summed E-state index contributed by atoms with van der Waals surface area (Å²) in [6.07, 6.45) is 0.521. The number of alkyl halides is 2. The second-order valence-corrected chi connectivity index (χ2v) is 6.06. The van der Waals surface area contributed by atoms with Crippen molar-refractivity contribution in [3.8, 4) is 0 Å². The highest BCUT2D eigenvalue weighted by atomic mass is 19.3. The third kappa shape index (κ3) is 4.53. The Kier molecular flexibility index (Phi) is 7.21. The summed E-state index contributed by atoms with van der Waals surface area (Å²) < 4.78 is 55.7. The van der Waals surface area contributed by atoms with Crippen molar-refractivity contribution in [2.24, 2.45) is 0 Å². The van der Waals surface area contributed by atoms with Crippen LogP contribution in [0, 0.1) is 18.6 Å². The summed E-state index contributed by atoms with van der Waals surface area (Å²) in [7, 11) is 0. The van der Waals surface area contributed by atoms with E-state index in [0.29, 0.717) is 16.7 Å². The average molecular weight is 389 g/mol. The molecule has 1 heterocycles. The predicted molar refractivity (Wildman–Crippen MR) is 107 cm³/mol. The van der Waals surface area contributed by atoms with E-state index in [4.69, 9.17) is 0 Å². The van der Waals surface area contributed by atoms with Gasteiger partial charge in [0.2, 0.25) is 0 Å². The Morgan fingerprint density at radius 3 is 2.07 bits per heavy atom. The predicted octanol–water partition coefficient (Wildman–Crippen LogP) is 6.82. The first-order valence-corrected chi connectivity index (χ1v) is 9.07. The summed E-state index contributed by atoms with van der Waals surface area (Å²) in [4.78, 5) is 1.17. The maximum Gasteiger partial charge on any atom is 0.256 e. The Morgan fingerprint density at radius 1 is 0.964 bits per heavy atom. The number of benzene rings is 2. The van der Waals surface area contributed by atoms with Crippen LogP contribution in [0.1, 0.15) is 30.5 Å². The molecule has 0 aromatic heterocycles. The molecule has 5 heteroatoms. The average Bonchev–Trinajstić information content (AvgIpc) is 2.66. The summed E-state index contributed by atoms with van der Waals surface area (Å²) in [5.41, 5.74) is 1.51. The van der Waals surface area contributed by atoms with Crippen LogP contribution in [-0.4, -0.2) is 17.9 Å². The normalized spacial score (nSPS) is 13.7. The molecule has 0 atom stereocenters. The first-order chi connectivity index (χ1) is 13.4. The lowest BCUT2D eigenvalue weighted by Crippen LogP contribution is -2.29. The fraction of sp³-hybridized carbons (Fsp3) is 0.217. The highest BCUT2D eigenvalue weighted by molar-refractivity contribution is 5.97. The van der Waals surface area contributed by atoms with Crippen LogP contribution in [-0.2, 0) is 0 Å². The first kappa shape index (κ1) is 21.5. The lowest BCUT2D eigenvalue weighted by atomic mass is 9.93. The molecule has 148 valence electrons. The molecular formula is C23H23F4N. The summed E-state index contributed by atoms with van der Waals surface area (Å²) in [5.74, 6) is -1.60. The molecule has 0 radical (unpaired) electrons. The lowest BCUT2D eigenvalue weighted by Gasteiger charge is -2.33. The summed E-state index contributed by atoms with van der Waals surface area (Å²) in [6.45, 7) is 8.62. The third-order valence-electron chi connectivity index (χ3n) is 4.14. The summed E-state index contributed by atoms with van der Waals surface area (Å²) in [5, 5.41) is 0. The number of hydrogen-bond acceptors (Lipinski definition) is 1. The fourth-order valence-corrected chi connectivity index (χ4v) is 3.03. The van der Waals surface area contributed by atoms with Crippen molar-refractivity contribution >= 4 is 11.3 Å².